The maximum absolute atomic E-state index is 8.00. The number of hydrogen-bond acceptors (Lipinski definition) is 8. The molecular weight excluding hydrogens is 176 g/mol. The van der Waals surface area contributed by atoms with Gasteiger partial charge < -0.3 is 16.3 Å². The lowest BCUT2D eigenvalue weighted by molar-refractivity contribution is -0.0979. The van der Waals surface area contributed by atoms with E-state index in [0.717, 1.165) is 0 Å². The van der Waals surface area contributed by atoms with Crippen molar-refractivity contribution in [2.75, 3.05) is 24.1 Å². The second-order valence-corrected chi connectivity index (χ2v) is 1.68. The molecular formula is C5H10N6O2. The van der Waals surface area contributed by atoms with E-state index < -0.39 is 0 Å². The minimum atomic E-state index is 0.0528. The SMILES string of the molecule is C=O.CONc1nc(N)nc(N)n1. The van der Waals surface area contributed by atoms with E-state index in [0.29, 0.717) is 0 Å². The Morgan fingerprint density at radius 2 is 1.69 bits per heavy atom. The Hall–Kier alpha value is -1.96. The summed E-state index contributed by atoms with van der Waals surface area (Å²) in [5.74, 6) is 0.298. The first-order valence-electron chi connectivity index (χ1n) is 3.07. The third-order valence-corrected chi connectivity index (χ3v) is 0.863. The van der Waals surface area contributed by atoms with Gasteiger partial charge in [0.1, 0.15) is 6.79 Å². The molecule has 1 rings (SSSR count). The van der Waals surface area contributed by atoms with Crippen LogP contribution in [0, 0.1) is 0 Å². The molecule has 1 heterocycles. The second-order valence-electron chi connectivity index (χ2n) is 1.68. The van der Waals surface area contributed by atoms with Crippen LogP contribution in [0.15, 0.2) is 0 Å². The zero-order valence-corrected chi connectivity index (χ0v) is 7.02. The summed E-state index contributed by atoms with van der Waals surface area (Å²) in [6.45, 7) is 2.00. The molecule has 0 saturated heterocycles. The molecule has 5 N–H and O–H groups in total. The van der Waals surface area contributed by atoms with Crippen LogP contribution in [-0.4, -0.2) is 28.9 Å². The molecule has 0 aromatic carbocycles. The normalized spacial score (nSPS) is 8.38. The Morgan fingerprint density at radius 1 is 1.23 bits per heavy atom. The Labute approximate surface area is 74.3 Å². The lowest BCUT2D eigenvalue weighted by atomic mass is 10.8. The van der Waals surface area contributed by atoms with E-state index in [-0.39, 0.29) is 17.8 Å². The summed E-state index contributed by atoms with van der Waals surface area (Å²) >= 11 is 0. The number of hydrogen-bond donors (Lipinski definition) is 3. The minimum Gasteiger partial charge on any atom is -0.368 e. The summed E-state index contributed by atoms with van der Waals surface area (Å²) in [6.07, 6.45) is 0. The smallest absolute Gasteiger partial charge is 0.253 e. The Balaban J connectivity index is 0.000000671. The van der Waals surface area contributed by atoms with E-state index in [1.807, 2.05) is 6.79 Å². The summed E-state index contributed by atoms with van der Waals surface area (Å²) in [7, 11) is 1.43. The standard InChI is InChI=1S/C4H8N6O.CH2O/c1-11-10-4-8-2(5)7-3(6)9-4;1-2/h1H3,(H5,5,6,7,8,9,10);1H2. The van der Waals surface area contributed by atoms with Crippen molar-refractivity contribution in [1.82, 2.24) is 15.0 Å². The quantitative estimate of drug-likeness (QED) is 0.492. The van der Waals surface area contributed by atoms with E-state index >= 15 is 0 Å². The van der Waals surface area contributed by atoms with Gasteiger partial charge in [-0.15, -0.1) is 0 Å². The maximum Gasteiger partial charge on any atom is 0.253 e. The highest BCUT2D eigenvalue weighted by Crippen LogP contribution is 2.01. The van der Waals surface area contributed by atoms with Gasteiger partial charge in [-0.05, 0) is 0 Å². The molecule has 0 aliphatic rings. The molecule has 8 nitrogen and oxygen atoms in total. The van der Waals surface area contributed by atoms with Crippen LogP contribution < -0.4 is 16.9 Å². The molecule has 0 spiro atoms. The predicted molar refractivity (Wildman–Crippen MR) is 46.4 cm³/mol. The molecule has 0 atom stereocenters. The average Bonchev–Trinajstić information content (AvgIpc) is 2.06. The molecule has 1 aromatic heterocycles. The van der Waals surface area contributed by atoms with Gasteiger partial charge in [-0.2, -0.15) is 15.0 Å². The summed E-state index contributed by atoms with van der Waals surface area (Å²) in [4.78, 5) is 23.4. The van der Waals surface area contributed by atoms with Crippen molar-refractivity contribution in [3.63, 3.8) is 0 Å². The number of aromatic nitrogens is 3. The molecule has 13 heavy (non-hydrogen) atoms. The summed E-state index contributed by atoms with van der Waals surface area (Å²) in [5, 5.41) is 0. The van der Waals surface area contributed by atoms with Gasteiger partial charge in [0.25, 0.3) is 5.95 Å². The van der Waals surface area contributed by atoms with Crippen LogP contribution in [0.5, 0.6) is 0 Å². The summed E-state index contributed by atoms with van der Waals surface area (Å²) < 4.78 is 0. The first-order chi connectivity index (χ1) is 6.22. The van der Waals surface area contributed by atoms with Crippen molar-refractivity contribution in [3.05, 3.63) is 0 Å². The van der Waals surface area contributed by atoms with Crippen LogP contribution >= 0.6 is 0 Å². The zero-order valence-electron chi connectivity index (χ0n) is 7.02. The Kier molecular flexibility index (Phi) is 4.81. The lowest BCUT2D eigenvalue weighted by Gasteiger charge is -2.00. The fourth-order valence-corrected chi connectivity index (χ4v) is 0.546. The molecule has 8 heteroatoms. The van der Waals surface area contributed by atoms with E-state index in [1.165, 1.54) is 7.11 Å². The van der Waals surface area contributed by atoms with E-state index in [9.17, 15) is 0 Å². The number of nitrogens with one attached hydrogen (secondary N) is 1. The summed E-state index contributed by atoms with van der Waals surface area (Å²) in [6, 6.07) is 0. The predicted octanol–water partition coefficient (Wildman–Crippen LogP) is -1.18. The number of anilines is 3. The van der Waals surface area contributed by atoms with E-state index in [2.05, 4.69) is 25.3 Å². The van der Waals surface area contributed by atoms with Gasteiger partial charge in [-0.3, -0.25) is 4.84 Å². The van der Waals surface area contributed by atoms with E-state index in [1.54, 1.807) is 0 Å². The summed E-state index contributed by atoms with van der Waals surface area (Å²) in [5.41, 5.74) is 12.9. The van der Waals surface area contributed by atoms with Crippen molar-refractivity contribution in [2.45, 2.75) is 0 Å². The zero-order chi connectivity index (χ0) is 10.3. The Bertz CT molecular complexity index is 247. The topological polar surface area (TPSA) is 129 Å². The van der Waals surface area contributed by atoms with Gasteiger partial charge in [0.05, 0.1) is 7.11 Å². The second kappa shape index (κ2) is 5.66. The van der Waals surface area contributed by atoms with Crippen molar-refractivity contribution in [3.8, 4) is 0 Å². The van der Waals surface area contributed by atoms with Crippen LogP contribution in [0.2, 0.25) is 0 Å². The number of nitrogens with zero attached hydrogens (tertiary/aromatic N) is 3. The van der Waals surface area contributed by atoms with Crippen molar-refractivity contribution < 1.29 is 9.63 Å². The van der Waals surface area contributed by atoms with Gasteiger partial charge in [-0.25, -0.2) is 5.48 Å². The molecule has 0 aliphatic carbocycles. The number of carbonyl (C=O) groups is 1. The lowest BCUT2D eigenvalue weighted by Crippen LogP contribution is -2.08. The minimum absolute atomic E-state index is 0.0528. The molecule has 0 fully saturated rings. The van der Waals surface area contributed by atoms with Crippen LogP contribution in [0.4, 0.5) is 17.8 Å². The van der Waals surface area contributed by atoms with Crippen LogP contribution in [0.25, 0.3) is 0 Å². The van der Waals surface area contributed by atoms with Gasteiger partial charge in [0.15, 0.2) is 0 Å². The molecule has 0 radical (unpaired) electrons. The fourth-order valence-electron chi connectivity index (χ4n) is 0.546. The van der Waals surface area contributed by atoms with Gasteiger partial charge in [-0.1, -0.05) is 0 Å². The first-order valence-corrected chi connectivity index (χ1v) is 3.07. The van der Waals surface area contributed by atoms with Crippen molar-refractivity contribution in [2.24, 2.45) is 0 Å². The maximum atomic E-state index is 8.00. The number of nitrogens with two attached hydrogens (primary N) is 2. The highest BCUT2D eigenvalue weighted by atomic mass is 16.6. The monoisotopic (exact) mass is 186 g/mol. The number of carbonyl (C=O) groups excluding carboxylic acids is 1. The molecule has 0 saturated carbocycles. The molecule has 0 aliphatic heterocycles. The first kappa shape index (κ1) is 11.0. The largest absolute Gasteiger partial charge is 0.368 e. The molecule has 0 amide bonds. The number of rotatable bonds is 2. The molecule has 0 bridgehead atoms. The van der Waals surface area contributed by atoms with Crippen LogP contribution in [-0.2, 0) is 9.63 Å². The molecule has 1 aromatic rings. The third-order valence-electron chi connectivity index (χ3n) is 0.863. The fraction of sp³-hybridized carbons (Fsp3) is 0.200. The van der Waals surface area contributed by atoms with Gasteiger partial charge >= 0.3 is 0 Å². The van der Waals surface area contributed by atoms with Crippen molar-refractivity contribution >= 4 is 24.6 Å². The van der Waals surface area contributed by atoms with E-state index in [4.69, 9.17) is 16.3 Å². The highest BCUT2D eigenvalue weighted by molar-refractivity contribution is 5.35. The van der Waals surface area contributed by atoms with Gasteiger partial charge in [0, 0.05) is 0 Å². The highest BCUT2D eigenvalue weighted by Gasteiger charge is 1.98. The van der Waals surface area contributed by atoms with Crippen LogP contribution in [0.1, 0.15) is 0 Å². The molecule has 72 valence electrons. The molecule has 0 unspecified atom stereocenters. The number of nitrogen functional groups attached to an aromatic ring is 2. The van der Waals surface area contributed by atoms with Gasteiger partial charge in [0.2, 0.25) is 11.9 Å². The van der Waals surface area contributed by atoms with Crippen LogP contribution in [0.3, 0.4) is 0 Å². The average molecular weight is 186 g/mol. The van der Waals surface area contributed by atoms with Crippen molar-refractivity contribution in [1.29, 1.82) is 0 Å². The third kappa shape index (κ3) is 3.82. The Morgan fingerprint density at radius 3 is 2.08 bits per heavy atom.